The number of ether oxygens (including phenoxy) is 1. The van der Waals surface area contributed by atoms with Crippen LogP contribution in [0.5, 0.6) is 0 Å². The van der Waals surface area contributed by atoms with Gasteiger partial charge in [-0.15, -0.1) is 0 Å². The van der Waals surface area contributed by atoms with Crippen molar-refractivity contribution < 1.29 is 23.1 Å². The predicted octanol–water partition coefficient (Wildman–Crippen LogP) is 5.57. The van der Waals surface area contributed by atoms with Crippen LogP contribution in [0.4, 0.5) is 8.78 Å². The SMILES string of the molecule is COC(=O)c1ccc(Cl)c(C(=O)c2cc3c(C)cc(C(C)(F)F)cc3[nH]2)c1C. The van der Waals surface area contributed by atoms with Crippen LogP contribution in [0.25, 0.3) is 10.9 Å². The van der Waals surface area contributed by atoms with Crippen molar-refractivity contribution >= 4 is 34.3 Å². The molecule has 0 unspecified atom stereocenters. The van der Waals surface area contributed by atoms with Crippen molar-refractivity contribution in [3.8, 4) is 0 Å². The van der Waals surface area contributed by atoms with Gasteiger partial charge in [-0.2, -0.15) is 0 Å². The van der Waals surface area contributed by atoms with Gasteiger partial charge >= 0.3 is 5.97 Å². The maximum atomic E-state index is 13.7. The van der Waals surface area contributed by atoms with Gasteiger partial charge in [0, 0.05) is 29.0 Å². The molecule has 2 aromatic carbocycles. The topological polar surface area (TPSA) is 59.2 Å². The van der Waals surface area contributed by atoms with E-state index in [0.29, 0.717) is 22.0 Å². The molecule has 28 heavy (non-hydrogen) atoms. The van der Waals surface area contributed by atoms with Gasteiger partial charge in [0.25, 0.3) is 5.92 Å². The second-order valence-electron chi connectivity index (χ2n) is 6.74. The molecule has 3 aromatic rings. The summed E-state index contributed by atoms with van der Waals surface area (Å²) in [6, 6.07) is 7.28. The number of hydrogen-bond acceptors (Lipinski definition) is 3. The van der Waals surface area contributed by atoms with E-state index in [9.17, 15) is 18.4 Å². The number of esters is 1. The molecule has 0 amide bonds. The summed E-state index contributed by atoms with van der Waals surface area (Å²) in [5.41, 5.74) is 1.89. The Hall–Kier alpha value is -2.73. The van der Waals surface area contributed by atoms with Crippen LogP contribution >= 0.6 is 11.6 Å². The fraction of sp³-hybridized carbons (Fsp3) is 0.238. The first kappa shape index (κ1) is 20.0. The molecule has 1 N–H and O–H groups in total. The van der Waals surface area contributed by atoms with Crippen molar-refractivity contribution in [1.82, 2.24) is 4.98 Å². The van der Waals surface area contributed by atoms with Gasteiger partial charge < -0.3 is 9.72 Å². The van der Waals surface area contributed by atoms with Gasteiger partial charge in [-0.05, 0) is 55.3 Å². The highest BCUT2D eigenvalue weighted by Gasteiger charge is 2.27. The highest BCUT2D eigenvalue weighted by atomic mass is 35.5. The molecule has 7 heteroatoms. The van der Waals surface area contributed by atoms with Crippen molar-refractivity contribution in [2.24, 2.45) is 0 Å². The number of carbonyl (C=O) groups is 2. The number of alkyl halides is 2. The van der Waals surface area contributed by atoms with Crippen molar-refractivity contribution in [2.45, 2.75) is 26.7 Å². The largest absolute Gasteiger partial charge is 0.465 e. The minimum atomic E-state index is -3.00. The summed E-state index contributed by atoms with van der Waals surface area (Å²) in [6.07, 6.45) is 0. The Morgan fingerprint density at radius 2 is 1.82 bits per heavy atom. The lowest BCUT2D eigenvalue weighted by molar-refractivity contribution is 0.0175. The Morgan fingerprint density at radius 1 is 1.14 bits per heavy atom. The van der Waals surface area contributed by atoms with Crippen molar-refractivity contribution in [1.29, 1.82) is 0 Å². The van der Waals surface area contributed by atoms with E-state index in [2.05, 4.69) is 4.98 Å². The highest BCUT2D eigenvalue weighted by molar-refractivity contribution is 6.35. The van der Waals surface area contributed by atoms with Crippen LogP contribution in [0.2, 0.25) is 5.02 Å². The number of H-pyrrole nitrogens is 1. The van der Waals surface area contributed by atoms with Gasteiger partial charge in [0.2, 0.25) is 5.78 Å². The number of aromatic amines is 1. The fourth-order valence-corrected chi connectivity index (χ4v) is 3.51. The lowest BCUT2D eigenvalue weighted by Crippen LogP contribution is -2.11. The van der Waals surface area contributed by atoms with Gasteiger partial charge in [-0.3, -0.25) is 4.79 Å². The number of fused-ring (bicyclic) bond motifs is 1. The molecule has 1 aromatic heterocycles. The molecule has 0 spiro atoms. The van der Waals surface area contributed by atoms with Gasteiger partial charge in [0.15, 0.2) is 0 Å². The number of halogens is 3. The summed E-state index contributed by atoms with van der Waals surface area (Å²) in [5.74, 6) is -4.01. The van der Waals surface area contributed by atoms with E-state index < -0.39 is 17.7 Å². The molecule has 0 aliphatic heterocycles. The van der Waals surface area contributed by atoms with Crippen molar-refractivity contribution in [3.05, 3.63) is 68.9 Å². The maximum absolute atomic E-state index is 13.7. The summed E-state index contributed by atoms with van der Waals surface area (Å²) in [7, 11) is 1.25. The van der Waals surface area contributed by atoms with E-state index in [1.807, 2.05) is 0 Å². The molecule has 0 aliphatic rings. The number of benzene rings is 2. The average molecular weight is 406 g/mol. The second kappa shape index (κ2) is 7.02. The van der Waals surface area contributed by atoms with Gasteiger partial charge in [0.1, 0.15) is 0 Å². The lowest BCUT2D eigenvalue weighted by Gasteiger charge is -2.11. The number of rotatable bonds is 4. The molecule has 146 valence electrons. The van der Waals surface area contributed by atoms with Crippen LogP contribution in [0.1, 0.15) is 50.0 Å². The molecule has 0 fully saturated rings. The smallest absolute Gasteiger partial charge is 0.338 e. The number of ketones is 1. The number of nitrogens with one attached hydrogen (secondary N) is 1. The number of carbonyl (C=O) groups excluding carboxylic acids is 2. The number of aromatic nitrogens is 1. The standard InChI is InChI=1S/C21H18ClF2NO3/c1-10-7-12(21(3,23)24)8-16-14(10)9-17(25-16)19(26)18-11(2)13(20(27)28-4)5-6-15(18)22/h5-9,25H,1-4H3. The zero-order chi connectivity index (χ0) is 20.8. The molecular formula is C21H18ClF2NO3. The minimum Gasteiger partial charge on any atom is -0.465 e. The molecule has 0 aliphatic carbocycles. The van der Waals surface area contributed by atoms with E-state index in [-0.39, 0.29) is 27.4 Å². The van der Waals surface area contributed by atoms with Gasteiger partial charge in [0.05, 0.1) is 23.4 Å². The highest BCUT2D eigenvalue weighted by Crippen LogP contribution is 2.33. The number of aryl methyl sites for hydroxylation is 1. The first-order chi connectivity index (χ1) is 13.0. The zero-order valence-corrected chi connectivity index (χ0v) is 16.5. The normalized spacial score (nSPS) is 11.7. The monoisotopic (exact) mass is 405 g/mol. The Balaban J connectivity index is 2.15. The molecule has 0 radical (unpaired) electrons. The molecule has 0 saturated heterocycles. The Morgan fingerprint density at radius 3 is 2.43 bits per heavy atom. The summed E-state index contributed by atoms with van der Waals surface area (Å²) in [6.45, 7) is 4.13. The second-order valence-corrected chi connectivity index (χ2v) is 7.15. The first-order valence-electron chi connectivity index (χ1n) is 8.48. The molecule has 4 nitrogen and oxygen atoms in total. The Labute approximate surface area is 165 Å². The Bertz CT molecular complexity index is 1110. The summed E-state index contributed by atoms with van der Waals surface area (Å²) < 4.78 is 32.2. The third-order valence-corrected chi connectivity index (χ3v) is 5.06. The zero-order valence-electron chi connectivity index (χ0n) is 15.7. The quantitative estimate of drug-likeness (QED) is 0.456. The van der Waals surface area contributed by atoms with Crippen molar-refractivity contribution in [3.63, 3.8) is 0 Å². The molecule has 1 heterocycles. The molecule has 0 saturated carbocycles. The van der Waals surface area contributed by atoms with E-state index in [0.717, 1.165) is 6.92 Å². The lowest BCUT2D eigenvalue weighted by atomic mass is 9.97. The first-order valence-corrected chi connectivity index (χ1v) is 8.86. The van der Waals surface area contributed by atoms with Crippen LogP contribution in [0.3, 0.4) is 0 Å². The maximum Gasteiger partial charge on any atom is 0.338 e. The third-order valence-electron chi connectivity index (χ3n) is 4.74. The number of methoxy groups -OCH3 is 1. The predicted molar refractivity (Wildman–Crippen MR) is 104 cm³/mol. The fourth-order valence-electron chi connectivity index (χ4n) is 3.22. The molecule has 3 rings (SSSR count). The summed E-state index contributed by atoms with van der Waals surface area (Å²) >= 11 is 6.22. The van der Waals surface area contributed by atoms with Gasteiger partial charge in [-0.25, -0.2) is 13.6 Å². The third kappa shape index (κ3) is 3.40. The van der Waals surface area contributed by atoms with E-state index >= 15 is 0 Å². The van der Waals surface area contributed by atoms with E-state index in [1.165, 1.54) is 31.4 Å². The van der Waals surface area contributed by atoms with E-state index in [4.69, 9.17) is 16.3 Å². The summed E-state index contributed by atoms with van der Waals surface area (Å²) in [4.78, 5) is 27.9. The molecular weight excluding hydrogens is 388 g/mol. The van der Waals surface area contributed by atoms with Crippen LogP contribution in [0, 0.1) is 13.8 Å². The Kier molecular flexibility index (Phi) is 5.02. The van der Waals surface area contributed by atoms with Crippen LogP contribution in [-0.2, 0) is 10.7 Å². The average Bonchev–Trinajstić information content (AvgIpc) is 3.05. The van der Waals surface area contributed by atoms with Crippen molar-refractivity contribution in [2.75, 3.05) is 7.11 Å². The van der Waals surface area contributed by atoms with Crippen LogP contribution in [-0.4, -0.2) is 23.8 Å². The summed E-state index contributed by atoms with van der Waals surface area (Å²) in [5, 5.41) is 0.848. The van der Waals surface area contributed by atoms with Crippen LogP contribution < -0.4 is 0 Å². The minimum absolute atomic E-state index is 0.139. The van der Waals surface area contributed by atoms with Crippen LogP contribution in [0.15, 0.2) is 30.3 Å². The number of hydrogen-bond donors (Lipinski definition) is 1. The van der Waals surface area contributed by atoms with Gasteiger partial charge in [-0.1, -0.05) is 11.6 Å². The molecule has 0 atom stereocenters. The van der Waals surface area contributed by atoms with E-state index in [1.54, 1.807) is 19.9 Å². The molecule has 0 bridgehead atoms.